The molecule has 1 N–H and O–H groups in total. The predicted octanol–water partition coefficient (Wildman–Crippen LogP) is 1.56. The quantitative estimate of drug-likeness (QED) is 0.398. The third-order valence-corrected chi connectivity index (χ3v) is 2.19. The van der Waals surface area contributed by atoms with Gasteiger partial charge in [0, 0.05) is 5.92 Å². The van der Waals surface area contributed by atoms with Crippen molar-refractivity contribution in [2.45, 2.75) is 38.2 Å². The van der Waals surface area contributed by atoms with Gasteiger partial charge in [-0.15, -0.1) is 12.3 Å². The second-order valence-electron chi connectivity index (χ2n) is 2.98. The first-order valence-electron chi connectivity index (χ1n) is 3.99. The molecule has 10 heavy (non-hydrogen) atoms. The van der Waals surface area contributed by atoms with Crippen molar-refractivity contribution < 1.29 is 5.11 Å². The lowest BCUT2D eigenvalue weighted by Crippen LogP contribution is -2.16. The summed E-state index contributed by atoms with van der Waals surface area (Å²) in [7, 11) is 0. The largest absolute Gasteiger partial charge is 0.392 e. The summed E-state index contributed by atoms with van der Waals surface area (Å²) in [6, 6.07) is 0. The second-order valence-corrected chi connectivity index (χ2v) is 2.98. The molecule has 1 aliphatic rings. The maximum Gasteiger partial charge on any atom is 0.0677 e. The topological polar surface area (TPSA) is 20.2 Å². The molecule has 0 aromatic rings. The lowest BCUT2D eigenvalue weighted by molar-refractivity contribution is 0.127. The Morgan fingerprint density at radius 2 is 1.90 bits per heavy atom. The number of aliphatic hydroxyl groups excluding tert-OH is 1. The van der Waals surface area contributed by atoms with Gasteiger partial charge in [-0.05, 0) is 12.8 Å². The van der Waals surface area contributed by atoms with Gasteiger partial charge in [-0.2, -0.15) is 0 Å². The molecule has 1 fully saturated rings. The summed E-state index contributed by atoms with van der Waals surface area (Å²) in [5.74, 6) is 2.77. The summed E-state index contributed by atoms with van der Waals surface area (Å²) in [6.07, 6.45) is 10.5. The Morgan fingerprint density at radius 1 is 1.20 bits per heavy atom. The summed E-state index contributed by atoms with van der Waals surface area (Å²) < 4.78 is 0. The lowest BCUT2D eigenvalue weighted by Gasteiger charge is -2.12. The first-order valence-corrected chi connectivity index (χ1v) is 3.99. The van der Waals surface area contributed by atoms with E-state index in [-0.39, 0.29) is 12.0 Å². The van der Waals surface area contributed by atoms with Gasteiger partial charge in [0.05, 0.1) is 6.10 Å². The fourth-order valence-electron chi connectivity index (χ4n) is 1.48. The normalized spacial score (nSPS) is 34.4. The molecule has 0 amide bonds. The minimum atomic E-state index is -0.229. The van der Waals surface area contributed by atoms with E-state index in [1.54, 1.807) is 0 Å². The molecule has 0 saturated heterocycles. The van der Waals surface area contributed by atoms with E-state index in [4.69, 9.17) is 6.42 Å². The van der Waals surface area contributed by atoms with Crippen LogP contribution in [0.2, 0.25) is 0 Å². The van der Waals surface area contributed by atoms with Crippen molar-refractivity contribution in [2.75, 3.05) is 0 Å². The van der Waals surface area contributed by atoms with Gasteiger partial charge in [0.15, 0.2) is 0 Å². The molecule has 0 unspecified atom stereocenters. The van der Waals surface area contributed by atoms with Crippen molar-refractivity contribution >= 4 is 0 Å². The number of hydrogen-bond acceptors (Lipinski definition) is 1. The highest BCUT2D eigenvalue weighted by Crippen LogP contribution is 2.22. The fraction of sp³-hybridized carbons (Fsp3) is 0.778. The van der Waals surface area contributed by atoms with E-state index in [2.05, 4.69) is 5.92 Å². The number of hydrogen-bond donors (Lipinski definition) is 1. The van der Waals surface area contributed by atoms with Crippen LogP contribution < -0.4 is 0 Å². The third kappa shape index (κ3) is 1.75. The average Bonchev–Trinajstić information content (AvgIpc) is 2.13. The maximum atomic E-state index is 9.41. The Balaban J connectivity index is 2.45. The first-order chi connectivity index (χ1) is 4.84. The van der Waals surface area contributed by atoms with E-state index in [9.17, 15) is 5.11 Å². The van der Waals surface area contributed by atoms with E-state index in [1.807, 2.05) is 0 Å². The van der Waals surface area contributed by atoms with Crippen LogP contribution in [0.15, 0.2) is 0 Å². The lowest BCUT2D eigenvalue weighted by atomic mass is 9.99. The Morgan fingerprint density at radius 3 is 2.60 bits per heavy atom. The van der Waals surface area contributed by atoms with Crippen molar-refractivity contribution in [3.63, 3.8) is 0 Å². The molecule has 1 nitrogen and oxygen atoms in total. The zero-order valence-corrected chi connectivity index (χ0v) is 6.21. The van der Waals surface area contributed by atoms with Gasteiger partial charge in [-0.1, -0.05) is 19.3 Å². The van der Waals surface area contributed by atoms with E-state index in [0.29, 0.717) is 0 Å². The van der Waals surface area contributed by atoms with Crippen molar-refractivity contribution in [3.8, 4) is 12.3 Å². The summed E-state index contributed by atoms with van der Waals surface area (Å²) in [5, 5.41) is 9.41. The Hall–Kier alpha value is -0.480. The van der Waals surface area contributed by atoms with Gasteiger partial charge in [0.1, 0.15) is 0 Å². The Kier molecular flexibility index (Phi) is 2.77. The number of rotatable bonds is 0. The molecule has 1 aliphatic carbocycles. The molecule has 1 saturated carbocycles. The van der Waals surface area contributed by atoms with Crippen LogP contribution in [0.4, 0.5) is 0 Å². The van der Waals surface area contributed by atoms with Crippen LogP contribution in [0.25, 0.3) is 0 Å². The SMILES string of the molecule is C#C[C@@H]1CCCCC[C@@H]1O. The summed E-state index contributed by atoms with van der Waals surface area (Å²) in [5.41, 5.74) is 0. The van der Waals surface area contributed by atoms with Crippen molar-refractivity contribution in [3.05, 3.63) is 0 Å². The molecule has 0 heterocycles. The van der Waals surface area contributed by atoms with Gasteiger partial charge < -0.3 is 5.11 Å². The van der Waals surface area contributed by atoms with E-state index in [1.165, 1.54) is 12.8 Å². The highest BCUT2D eigenvalue weighted by Gasteiger charge is 2.18. The first kappa shape index (κ1) is 7.63. The molecular weight excluding hydrogens is 124 g/mol. The summed E-state index contributed by atoms with van der Waals surface area (Å²) in [4.78, 5) is 0. The molecule has 1 heteroatoms. The molecule has 0 aromatic carbocycles. The van der Waals surface area contributed by atoms with Crippen LogP contribution in [-0.2, 0) is 0 Å². The standard InChI is InChI=1S/C9H14O/c1-2-8-6-4-3-5-7-9(8)10/h1,8-10H,3-7H2/t8-,9+/m1/s1. The van der Waals surface area contributed by atoms with E-state index >= 15 is 0 Å². The summed E-state index contributed by atoms with van der Waals surface area (Å²) >= 11 is 0. The van der Waals surface area contributed by atoms with Crippen molar-refractivity contribution in [2.24, 2.45) is 5.92 Å². The maximum absolute atomic E-state index is 9.41. The fourth-order valence-corrected chi connectivity index (χ4v) is 1.48. The van der Waals surface area contributed by atoms with Crippen LogP contribution in [0.3, 0.4) is 0 Å². The van der Waals surface area contributed by atoms with Crippen LogP contribution in [-0.4, -0.2) is 11.2 Å². The minimum Gasteiger partial charge on any atom is -0.392 e. The second kappa shape index (κ2) is 3.63. The number of terminal acetylenes is 1. The molecule has 0 aromatic heterocycles. The van der Waals surface area contributed by atoms with E-state index < -0.39 is 0 Å². The molecule has 0 bridgehead atoms. The van der Waals surface area contributed by atoms with Crippen LogP contribution >= 0.6 is 0 Å². The summed E-state index contributed by atoms with van der Waals surface area (Å²) in [6.45, 7) is 0. The Labute approximate surface area is 62.4 Å². The zero-order chi connectivity index (χ0) is 7.40. The van der Waals surface area contributed by atoms with Gasteiger partial charge in [-0.3, -0.25) is 0 Å². The molecule has 56 valence electrons. The van der Waals surface area contributed by atoms with Gasteiger partial charge in [0.25, 0.3) is 0 Å². The smallest absolute Gasteiger partial charge is 0.0677 e. The monoisotopic (exact) mass is 138 g/mol. The number of aliphatic hydroxyl groups is 1. The van der Waals surface area contributed by atoms with Gasteiger partial charge in [0.2, 0.25) is 0 Å². The molecule has 0 radical (unpaired) electrons. The average molecular weight is 138 g/mol. The van der Waals surface area contributed by atoms with Gasteiger partial charge >= 0.3 is 0 Å². The minimum absolute atomic E-state index is 0.127. The van der Waals surface area contributed by atoms with Crippen molar-refractivity contribution in [1.82, 2.24) is 0 Å². The molecule has 0 spiro atoms. The van der Waals surface area contributed by atoms with E-state index in [0.717, 1.165) is 19.3 Å². The van der Waals surface area contributed by atoms with Crippen LogP contribution in [0.5, 0.6) is 0 Å². The highest BCUT2D eigenvalue weighted by atomic mass is 16.3. The Bertz CT molecular complexity index is 134. The molecule has 1 rings (SSSR count). The molecule has 2 atom stereocenters. The van der Waals surface area contributed by atoms with Crippen LogP contribution in [0, 0.1) is 18.3 Å². The molecular formula is C9H14O. The van der Waals surface area contributed by atoms with Crippen molar-refractivity contribution in [1.29, 1.82) is 0 Å². The highest BCUT2D eigenvalue weighted by molar-refractivity contribution is 4.97. The molecule has 0 aliphatic heterocycles. The van der Waals surface area contributed by atoms with Crippen LogP contribution in [0.1, 0.15) is 32.1 Å². The van der Waals surface area contributed by atoms with Gasteiger partial charge in [-0.25, -0.2) is 0 Å². The third-order valence-electron chi connectivity index (χ3n) is 2.19. The zero-order valence-electron chi connectivity index (χ0n) is 6.21. The predicted molar refractivity (Wildman–Crippen MR) is 41.4 cm³/mol.